The van der Waals surface area contributed by atoms with Gasteiger partial charge in [-0.1, -0.05) is 109 Å². The van der Waals surface area contributed by atoms with Crippen molar-refractivity contribution >= 4 is 122 Å². The van der Waals surface area contributed by atoms with E-state index in [2.05, 4.69) is 127 Å². The summed E-state index contributed by atoms with van der Waals surface area (Å²) in [5.74, 6) is 2.66. The van der Waals surface area contributed by atoms with Crippen molar-refractivity contribution in [1.82, 2.24) is 117 Å². The van der Waals surface area contributed by atoms with Crippen LogP contribution in [0.25, 0.3) is 143 Å². The van der Waals surface area contributed by atoms with E-state index in [1.54, 1.807) is 83.5 Å². The molecule has 0 aliphatic heterocycles. The van der Waals surface area contributed by atoms with Crippen LogP contribution in [0.15, 0.2) is 312 Å². The van der Waals surface area contributed by atoms with Crippen molar-refractivity contribution in [3.63, 3.8) is 0 Å². The molecule has 0 unspecified atom stereocenters. The van der Waals surface area contributed by atoms with Gasteiger partial charge in [-0.3, -0.25) is 67.0 Å². The van der Waals surface area contributed by atoms with Crippen molar-refractivity contribution in [1.29, 1.82) is 0 Å². The highest BCUT2D eigenvalue weighted by atomic mass is 16.1. The molecule has 24 rings (SSSR count). The van der Waals surface area contributed by atoms with Gasteiger partial charge >= 0.3 is 0 Å². The maximum absolute atomic E-state index is 14.2. The summed E-state index contributed by atoms with van der Waals surface area (Å²) in [4.78, 5) is 109. The first-order valence-electron chi connectivity index (χ1n) is 45.9. The summed E-state index contributed by atoms with van der Waals surface area (Å²) in [7, 11) is 7.49. The van der Waals surface area contributed by atoms with Crippen LogP contribution in [0.5, 0.6) is 0 Å². The van der Waals surface area contributed by atoms with E-state index >= 15 is 0 Å². The molecule has 2 fully saturated rings. The molecule has 0 amide bonds. The fourth-order valence-corrected chi connectivity index (χ4v) is 18.5. The second-order valence-electron chi connectivity index (χ2n) is 35.0. The normalized spacial score (nSPS) is 13.3. The lowest BCUT2D eigenvalue weighted by molar-refractivity contribution is 0.636. The van der Waals surface area contributed by atoms with Crippen molar-refractivity contribution in [3.8, 4) is 55.9 Å². The third-order valence-corrected chi connectivity index (χ3v) is 25.2. The van der Waals surface area contributed by atoms with E-state index in [9.17, 15) is 19.2 Å². The van der Waals surface area contributed by atoms with Crippen molar-refractivity contribution in [2.24, 2.45) is 28.2 Å². The van der Waals surface area contributed by atoms with E-state index in [0.717, 1.165) is 148 Å². The number of pyridine rings is 8. The lowest BCUT2D eigenvalue weighted by Crippen LogP contribution is -2.26. The molecule has 22 aromatic rings. The van der Waals surface area contributed by atoms with Crippen LogP contribution in [0.2, 0.25) is 0 Å². The second kappa shape index (κ2) is 37.2. The van der Waals surface area contributed by atoms with Crippen molar-refractivity contribution in [2.75, 3.05) is 32.7 Å². The number of para-hydroxylation sites is 2. The molecule has 8 N–H and O–H groups in total. The van der Waals surface area contributed by atoms with E-state index in [0.29, 0.717) is 67.1 Å². The number of nitrogens with two attached hydrogens (primary N) is 2. The first-order valence-corrected chi connectivity index (χ1v) is 45.9. The molecule has 34 nitrogen and oxygen atoms in total. The number of benzene rings is 6. The molecule has 2 aliphatic rings. The average molecular weight is 1850 g/mol. The van der Waals surface area contributed by atoms with E-state index < -0.39 is 0 Å². The number of anilines is 6. The Morgan fingerprint density at radius 3 is 0.914 bits per heavy atom. The number of nitrogens with one attached hydrogen (secondary N) is 4. The quantitative estimate of drug-likeness (QED) is 0.0413. The molecule has 16 heterocycles. The lowest BCUT2D eigenvalue weighted by atomic mass is 9.99. The van der Waals surface area contributed by atoms with E-state index in [1.165, 1.54) is 12.7 Å². The molecule has 2 aliphatic carbocycles. The largest absolute Gasteiger partial charge is 0.368 e. The average Bonchev–Trinajstić information content (AvgIpc) is 1.72. The number of aromatic nitrogens is 24. The van der Waals surface area contributed by atoms with Gasteiger partial charge in [0.2, 0.25) is 11.9 Å². The van der Waals surface area contributed by atoms with E-state index in [1.807, 2.05) is 265 Å². The molecular formula is C106H94N30O4. The standard InChI is InChI=1S/C28H24N8O.C28H23N7O.C25H24N8O.C25H23N7O/c1-17(32-26-25-22(12-7-13-30-25)33-28(29)34-26)23-14-18-8-6-11-21(19-15-31-35(2)16-19)24(18)27(37)36(23)20-9-4-3-5-10-20;1-18(33-27-26-23(30-17-31-27)12-7-13-29-26)24-14-19-8-6-11-22(20-15-32-34(2)16-20)25(19)28(36)35(24)21-9-4-3-5-10-21;1-14(29-23-22-19(7-4-10-27-22)30-25(26)31-23)20-11-15-5-3-6-18(16-12-28-32(2)13-16)21(15)24(34)33(20)17-8-9-17;1-15(30-24-23-20(27-14-28-24)7-4-10-26-23)21-11-16-5-3-6-19(17-12-29-31(2)13-17)22(16)25(33)32(21)18-8-9-18/h3-17H,1-2H3,(H3,29,32,33,34);3-18H,1-2H3,(H,30,31,33);3-7,10-14,17H,8-9H2,1-2H3,(H3,26,29,30,31);3-7,10-15,18H,8-9H2,1-2H3,(H,27,28,30)/t17-;18-;14-;15-/m0000/s1. The molecule has 34 heteroatoms. The minimum absolute atomic E-state index is 0.0216. The van der Waals surface area contributed by atoms with Crippen molar-refractivity contribution in [3.05, 3.63) is 357 Å². The fraction of sp³-hybridized carbons (Fsp3) is 0.170. The van der Waals surface area contributed by atoms with Crippen LogP contribution in [-0.4, -0.2) is 117 Å². The number of aryl methyl sites for hydroxylation is 4. The SMILES string of the molecule is C[C@H](Nc1nc(N)nc2cccnc12)c1cc2cccc(-c3cnn(C)c3)c2c(=O)n1-c1ccccc1.C[C@H](Nc1nc(N)nc2cccnc12)c1cc2cccc(-c3cnn(C)c3)c2c(=O)n1C1CC1.C[C@H](Nc1ncnc2cccnc12)c1cc2cccc(-c3cnn(C)c3)c2c(=O)n1-c1ccccc1.C[C@H](Nc1ncnc2cccnc12)c1cc2cccc(-c3cnn(C)c3)c2c(=O)n1C1CC1. The van der Waals surface area contributed by atoms with Gasteiger partial charge in [0.15, 0.2) is 23.3 Å². The predicted molar refractivity (Wildman–Crippen MR) is 547 cm³/mol. The molecule has 0 spiro atoms. The van der Waals surface area contributed by atoms with Crippen LogP contribution in [0.1, 0.15) is 112 Å². The molecule has 140 heavy (non-hydrogen) atoms. The Labute approximate surface area is 799 Å². The summed E-state index contributed by atoms with van der Waals surface area (Å²) >= 11 is 0. The summed E-state index contributed by atoms with van der Waals surface area (Å²) < 4.78 is 14.4. The first-order chi connectivity index (χ1) is 68.2. The third-order valence-electron chi connectivity index (χ3n) is 25.2. The number of nitrogens with zero attached hydrogens (tertiary/aromatic N) is 24. The molecule has 2 saturated carbocycles. The Morgan fingerprint density at radius 1 is 0.307 bits per heavy atom. The van der Waals surface area contributed by atoms with Gasteiger partial charge in [-0.15, -0.1) is 0 Å². The van der Waals surface area contributed by atoms with Gasteiger partial charge in [0.1, 0.15) is 34.7 Å². The zero-order chi connectivity index (χ0) is 96.1. The number of hydrogen-bond acceptors (Lipinski definition) is 26. The number of nitrogen functional groups attached to an aromatic ring is 2. The van der Waals surface area contributed by atoms with Crippen molar-refractivity contribution in [2.45, 2.75) is 89.6 Å². The zero-order valence-electron chi connectivity index (χ0n) is 77.5. The van der Waals surface area contributed by atoms with Crippen LogP contribution < -0.4 is 55.0 Å². The Hall–Kier alpha value is -18.2. The van der Waals surface area contributed by atoms with Crippen LogP contribution in [0, 0.1) is 0 Å². The van der Waals surface area contributed by atoms with Crippen LogP contribution >= 0.6 is 0 Å². The highest BCUT2D eigenvalue weighted by Crippen LogP contribution is 2.42. The molecular weight excluding hydrogens is 1760 g/mol. The Bertz CT molecular complexity index is 8790. The summed E-state index contributed by atoms with van der Waals surface area (Å²) in [6, 6.07) is 65.7. The van der Waals surface area contributed by atoms with Crippen LogP contribution in [0.3, 0.4) is 0 Å². The second-order valence-corrected chi connectivity index (χ2v) is 35.0. The summed E-state index contributed by atoms with van der Waals surface area (Å²) in [5.41, 5.74) is 29.4. The Morgan fingerprint density at radius 2 is 0.600 bits per heavy atom. The molecule has 0 bridgehead atoms. The van der Waals surface area contributed by atoms with Gasteiger partial charge in [-0.05, 0) is 194 Å². The van der Waals surface area contributed by atoms with Gasteiger partial charge < -0.3 is 41.9 Å². The Balaban J connectivity index is 0.000000111. The molecule has 6 aromatic carbocycles. The van der Waals surface area contributed by atoms with Gasteiger partial charge in [0.25, 0.3) is 22.2 Å². The third kappa shape index (κ3) is 17.4. The predicted octanol–water partition coefficient (Wildman–Crippen LogP) is 17.5. The summed E-state index contributed by atoms with van der Waals surface area (Å²) in [6.45, 7) is 8.08. The highest BCUT2D eigenvalue weighted by molar-refractivity contribution is 6.01. The molecule has 0 radical (unpaired) electrons. The first kappa shape index (κ1) is 88.4. The highest BCUT2D eigenvalue weighted by Gasteiger charge is 2.34. The van der Waals surface area contributed by atoms with E-state index in [-0.39, 0.29) is 70.4 Å². The number of fused-ring (bicyclic) bond motifs is 8. The maximum atomic E-state index is 14.2. The minimum atomic E-state index is -0.320. The van der Waals surface area contributed by atoms with Crippen molar-refractivity contribution < 1.29 is 0 Å². The minimum Gasteiger partial charge on any atom is -0.368 e. The van der Waals surface area contributed by atoms with Gasteiger partial charge in [-0.2, -0.15) is 30.4 Å². The fourth-order valence-electron chi connectivity index (χ4n) is 18.5. The number of hydrogen-bond donors (Lipinski definition) is 6. The lowest BCUT2D eigenvalue weighted by Gasteiger charge is -2.22. The molecule has 0 saturated heterocycles. The zero-order valence-corrected chi connectivity index (χ0v) is 77.5. The Kier molecular flexibility index (Phi) is 23.5. The monoisotopic (exact) mass is 1850 g/mol. The molecule has 4 atom stereocenters. The summed E-state index contributed by atoms with van der Waals surface area (Å²) in [5, 5.41) is 37.3. The molecule has 16 aromatic heterocycles. The topological polar surface area (TPSA) is 414 Å². The molecule has 692 valence electrons. The summed E-state index contributed by atoms with van der Waals surface area (Å²) in [6.07, 6.45) is 28.8. The van der Waals surface area contributed by atoms with Gasteiger partial charge in [0, 0.05) is 146 Å². The van der Waals surface area contributed by atoms with E-state index in [4.69, 9.17) is 11.5 Å². The number of rotatable bonds is 20. The van der Waals surface area contributed by atoms with Gasteiger partial charge in [0.05, 0.1) is 92.6 Å². The van der Waals surface area contributed by atoms with Gasteiger partial charge in [-0.25, -0.2) is 29.9 Å². The van der Waals surface area contributed by atoms with Crippen LogP contribution in [-0.2, 0) is 28.2 Å². The maximum Gasteiger partial charge on any atom is 0.263 e. The smallest absolute Gasteiger partial charge is 0.263 e. The van der Waals surface area contributed by atoms with Crippen LogP contribution in [0.4, 0.5) is 35.2 Å².